The Hall–Kier alpha value is -5.48. The number of nitrogens with zero attached hydrogens (tertiary/aromatic N) is 7. The molecule has 0 spiro atoms. The number of morpholine rings is 1. The minimum Gasteiger partial charge on any atom is -0.378 e. The molecule has 7 rings (SSSR count). The van der Waals surface area contributed by atoms with E-state index in [1.54, 1.807) is 17.0 Å². The zero-order chi connectivity index (χ0) is 30.0. The van der Waals surface area contributed by atoms with E-state index >= 15 is 0 Å². The maximum atomic E-state index is 13.1. The Kier molecular flexibility index (Phi) is 7.25. The third-order valence-corrected chi connectivity index (χ3v) is 7.97. The number of rotatable bonds is 6. The summed E-state index contributed by atoms with van der Waals surface area (Å²) < 4.78 is 6.83. The van der Waals surface area contributed by atoms with Crippen LogP contribution in [0.3, 0.4) is 0 Å². The van der Waals surface area contributed by atoms with Crippen LogP contribution in [0.2, 0.25) is 0 Å². The van der Waals surface area contributed by atoms with Gasteiger partial charge in [0.15, 0.2) is 17.2 Å². The van der Waals surface area contributed by atoms with Crippen LogP contribution in [-0.4, -0.2) is 86.7 Å². The first-order chi connectivity index (χ1) is 21.6. The molecule has 2 amide bonds. The van der Waals surface area contributed by atoms with Gasteiger partial charge in [-0.3, -0.25) is 9.59 Å². The molecular formula is C31H30N10O3. The lowest BCUT2D eigenvalue weighted by Gasteiger charge is -2.33. The zero-order valence-electron chi connectivity index (χ0n) is 23.9. The lowest BCUT2D eigenvalue weighted by Crippen LogP contribution is -2.48. The molecule has 2 aliphatic heterocycles. The number of carbonyl (C=O) groups excluding carboxylic acids is 2. The minimum absolute atomic E-state index is 0.0326. The minimum atomic E-state index is -0.163. The van der Waals surface area contributed by atoms with Crippen LogP contribution in [0, 0.1) is 11.3 Å². The molecule has 5 heterocycles. The Bertz CT molecular complexity index is 1850. The first-order valence-electron chi connectivity index (χ1n) is 14.6. The lowest BCUT2D eigenvalue weighted by atomic mass is 10.1. The quantitative estimate of drug-likeness (QED) is 0.270. The van der Waals surface area contributed by atoms with E-state index in [9.17, 15) is 14.9 Å². The van der Waals surface area contributed by atoms with Crippen molar-refractivity contribution < 1.29 is 14.3 Å². The summed E-state index contributed by atoms with van der Waals surface area (Å²) in [5, 5.41) is 21.8. The zero-order valence-corrected chi connectivity index (χ0v) is 23.9. The molecule has 0 saturated carbocycles. The van der Waals surface area contributed by atoms with Crippen LogP contribution in [0.25, 0.3) is 16.6 Å². The number of benzene rings is 2. The number of para-hydroxylation sites is 1. The number of nitrogens with one attached hydrogen (secondary N) is 3. The number of aromatic nitrogens is 5. The molecule has 1 atom stereocenters. The Labute approximate surface area is 252 Å². The monoisotopic (exact) mass is 590 g/mol. The first kappa shape index (κ1) is 27.4. The van der Waals surface area contributed by atoms with Gasteiger partial charge in [-0.2, -0.15) is 14.8 Å². The Morgan fingerprint density at radius 3 is 2.68 bits per heavy atom. The number of hydrogen-bond acceptors (Lipinski definition) is 9. The molecule has 2 aliphatic rings. The number of fused-ring (bicyclic) bond motifs is 2. The number of anilines is 3. The summed E-state index contributed by atoms with van der Waals surface area (Å²) in [5.74, 6) is 0.643. The van der Waals surface area contributed by atoms with Crippen molar-refractivity contribution in [1.82, 2.24) is 34.8 Å². The van der Waals surface area contributed by atoms with Gasteiger partial charge in [0.05, 0.1) is 19.4 Å². The molecule has 2 aromatic carbocycles. The molecule has 3 N–H and O–H groups in total. The smallest absolute Gasteiger partial charge is 0.268 e. The van der Waals surface area contributed by atoms with Crippen molar-refractivity contribution in [2.24, 2.45) is 0 Å². The Balaban J connectivity index is 1.10. The first-order valence-corrected chi connectivity index (χ1v) is 14.6. The van der Waals surface area contributed by atoms with Gasteiger partial charge in [0, 0.05) is 54.4 Å². The van der Waals surface area contributed by atoms with Gasteiger partial charge in [0.25, 0.3) is 11.8 Å². The molecule has 44 heavy (non-hydrogen) atoms. The number of amides is 2. The highest BCUT2D eigenvalue weighted by Crippen LogP contribution is 2.25. The van der Waals surface area contributed by atoms with Gasteiger partial charge < -0.3 is 30.2 Å². The topological polar surface area (TPSA) is 157 Å². The van der Waals surface area contributed by atoms with Gasteiger partial charge in [-0.15, -0.1) is 5.10 Å². The number of aromatic amines is 1. The number of carbonyl (C=O) groups is 2. The fraction of sp³-hybridized carbons (Fsp3) is 0.290. The Morgan fingerprint density at radius 1 is 1.07 bits per heavy atom. The number of H-pyrrole nitrogens is 1. The molecule has 3 aromatic heterocycles. The second-order valence-corrected chi connectivity index (χ2v) is 10.9. The molecule has 0 aliphatic carbocycles. The summed E-state index contributed by atoms with van der Waals surface area (Å²) in [6, 6.07) is 18.8. The predicted octanol–water partition coefficient (Wildman–Crippen LogP) is 3.09. The van der Waals surface area contributed by atoms with Crippen LogP contribution < -0.4 is 15.5 Å². The van der Waals surface area contributed by atoms with Crippen LogP contribution >= 0.6 is 0 Å². The van der Waals surface area contributed by atoms with Gasteiger partial charge >= 0.3 is 0 Å². The van der Waals surface area contributed by atoms with Crippen molar-refractivity contribution in [2.45, 2.75) is 18.9 Å². The van der Waals surface area contributed by atoms with E-state index in [4.69, 9.17) is 9.72 Å². The van der Waals surface area contributed by atoms with Crippen molar-refractivity contribution in [3.05, 3.63) is 77.7 Å². The van der Waals surface area contributed by atoms with Crippen LogP contribution in [0.4, 0.5) is 17.5 Å². The van der Waals surface area contributed by atoms with Crippen LogP contribution in [0.1, 0.15) is 39.4 Å². The highest BCUT2D eigenvalue weighted by Gasteiger charge is 2.26. The molecule has 0 unspecified atom stereocenters. The molecule has 2 saturated heterocycles. The number of imidazole rings is 1. The third kappa shape index (κ3) is 5.38. The second-order valence-electron chi connectivity index (χ2n) is 10.9. The van der Waals surface area contributed by atoms with Crippen LogP contribution in [0.5, 0.6) is 0 Å². The van der Waals surface area contributed by atoms with E-state index < -0.39 is 0 Å². The van der Waals surface area contributed by atoms with Gasteiger partial charge in [-0.05, 0) is 49.2 Å². The normalized spacial score (nSPS) is 17.0. The van der Waals surface area contributed by atoms with Crippen molar-refractivity contribution in [1.29, 1.82) is 5.26 Å². The summed E-state index contributed by atoms with van der Waals surface area (Å²) >= 11 is 0. The van der Waals surface area contributed by atoms with E-state index in [1.165, 1.54) is 10.7 Å². The van der Waals surface area contributed by atoms with Gasteiger partial charge in [-0.1, -0.05) is 18.2 Å². The third-order valence-electron chi connectivity index (χ3n) is 7.97. The summed E-state index contributed by atoms with van der Waals surface area (Å²) in [6.07, 6.45) is 3.11. The SMILES string of the molecule is N#Cc1cnc2c(Nc3ccc(C(=O)N4CCOCC4)cc3)nc(N3CCC[C@@H](NC(=O)c4cc5ccccc5[nH]4)C3)nn12. The van der Waals surface area contributed by atoms with Crippen LogP contribution in [-0.2, 0) is 4.74 Å². The van der Waals surface area contributed by atoms with Gasteiger partial charge in [0.2, 0.25) is 5.95 Å². The molecule has 222 valence electrons. The number of ether oxygens (including phenoxy) is 1. The second kappa shape index (κ2) is 11.7. The number of hydrogen-bond donors (Lipinski definition) is 3. The average Bonchev–Trinajstić information content (AvgIpc) is 3.70. The highest BCUT2D eigenvalue weighted by atomic mass is 16.5. The Morgan fingerprint density at radius 2 is 1.89 bits per heavy atom. The maximum absolute atomic E-state index is 13.1. The fourth-order valence-corrected chi connectivity index (χ4v) is 5.68. The summed E-state index contributed by atoms with van der Waals surface area (Å²) in [7, 11) is 0. The summed E-state index contributed by atoms with van der Waals surface area (Å²) in [4.78, 5) is 42.1. The number of piperidine rings is 1. The van der Waals surface area contributed by atoms with Crippen molar-refractivity contribution in [3.8, 4) is 6.07 Å². The van der Waals surface area contributed by atoms with Crippen molar-refractivity contribution in [3.63, 3.8) is 0 Å². The predicted molar refractivity (Wildman–Crippen MR) is 163 cm³/mol. The summed E-state index contributed by atoms with van der Waals surface area (Å²) in [5.41, 5.74) is 3.41. The fourth-order valence-electron chi connectivity index (χ4n) is 5.68. The van der Waals surface area contributed by atoms with Gasteiger partial charge in [-0.25, -0.2) is 4.98 Å². The van der Waals surface area contributed by atoms with Crippen molar-refractivity contribution in [2.75, 3.05) is 49.6 Å². The highest BCUT2D eigenvalue weighted by molar-refractivity contribution is 5.98. The molecule has 13 nitrogen and oxygen atoms in total. The molecule has 0 radical (unpaired) electrons. The van der Waals surface area contributed by atoms with Gasteiger partial charge in [0.1, 0.15) is 11.8 Å². The molecule has 2 fully saturated rings. The van der Waals surface area contributed by atoms with E-state index in [-0.39, 0.29) is 23.6 Å². The molecule has 0 bridgehead atoms. The standard InChI is InChI=1S/C31H30N10O3/c32-17-24-18-33-28-27(34-22-9-7-20(8-10-22)30(43)39-12-14-44-15-13-39)37-31(38-41(24)28)40-11-3-5-23(19-40)35-29(42)26-16-21-4-1-2-6-25(21)36-26/h1-2,4,6-10,16,18,23,36H,3,5,11-15,19H2,(H,35,42)(H,34,37,38)/t23-/m1/s1. The molecule has 13 heteroatoms. The van der Waals surface area contributed by atoms with E-state index in [1.807, 2.05) is 47.4 Å². The van der Waals surface area contributed by atoms with Crippen molar-refractivity contribution >= 4 is 45.8 Å². The maximum Gasteiger partial charge on any atom is 0.268 e. The molecular weight excluding hydrogens is 560 g/mol. The molecule has 5 aromatic rings. The largest absolute Gasteiger partial charge is 0.378 e. The van der Waals surface area contributed by atoms with E-state index in [0.717, 1.165) is 23.7 Å². The van der Waals surface area contributed by atoms with E-state index in [2.05, 4.69) is 31.8 Å². The number of nitriles is 1. The van der Waals surface area contributed by atoms with E-state index in [0.29, 0.717) is 73.8 Å². The lowest BCUT2D eigenvalue weighted by molar-refractivity contribution is 0.0303. The average molecular weight is 591 g/mol. The van der Waals surface area contributed by atoms with Crippen LogP contribution in [0.15, 0.2) is 60.8 Å². The summed E-state index contributed by atoms with van der Waals surface area (Å²) in [6.45, 7) is 3.43.